The van der Waals surface area contributed by atoms with Crippen molar-refractivity contribution in [3.63, 3.8) is 0 Å². The minimum atomic E-state index is -0.773. The van der Waals surface area contributed by atoms with E-state index in [1.165, 1.54) is 6.07 Å². The average Bonchev–Trinajstić information content (AvgIpc) is 2.81. The topological polar surface area (TPSA) is 50.8 Å². The zero-order valence-electron chi connectivity index (χ0n) is 12.4. The summed E-state index contributed by atoms with van der Waals surface area (Å²) < 4.78 is 25.7. The number of hydrogen-bond acceptors (Lipinski definition) is 5. The molecule has 0 aromatic heterocycles. The maximum atomic E-state index is 14.8. The SMILES string of the molecule is O=C1OC2(CCNCC2)c2c(F)cc(N3CCOCC3)cc21. The molecule has 0 amide bonds. The molecular weight excluding hydrogens is 287 g/mol. The molecular formula is C16H19FN2O3. The lowest BCUT2D eigenvalue weighted by atomic mass is 9.84. The number of esters is 1. The van der Waals surface area contributed by atoms with E-state index in [2.05, 4.69) is 5.32 Å². The van der Waals surface area contributed by atoms with Crippen LogP contribution in [0.1, 0.15) is 28.8 Å². The summed E-state index contributed by atoms with van der Waals surface area (Å²) in [5, 5.41) is 3.23. The number of carbonyl (C=O) groups is 1. The molecule has 4 rings (SSSR count). The molecule has 1 aromatic rings. The van der Waals surface area contributed by atoms with Gasteiger partial charge in [0, 0.05) is 37.2 Å². The van der Waals surface area contributed by atoms with Gasteiger partial charge in [0.05, 0.1) is 18.8 Å². The van der Waals surface area contributed by atoms with Gasteiger partial charge in [0.25, 0.3) is 0 Å². The maximum absolute atomic E-state index is 14.8. The molecule has 6 heteroatoms. The van der Waals surface area contributed by atoms with Crippen LogP contribution in [0.25, 0.3) is 0 Å². The Hall–Kier alpha value is -1.66. The Bertz CT molecular complexity index is 608. The summed E-state index contributed by atoms with van der Waals surface area (Å²) in [5.74, 6) is -0.724. The van der Waals surface area contributed by atoms with Gasteiger partial charge in [0.1, 0.15) is 11.4 Å². The van der Waals surface area contributed by atoms with Gasteiger partial charge in [0.15, 0.2) is 0 Å². The predicted octanol–water partition coefficient (Wildman–Crippen LogP) is 1.41. The molecule has 0 unspecified atom stereocenters. The Balaban J connectivity index is 1.75. The number of morpholine rings is 1. The number of piperidine rings is 1. The minimum absolute atomic E-state index is 0.327. The fourth-order valence-electron chi connectivity index (χ4n) is 3.69. The Labute approximate surface area is 128 Å². The lowest BCUT2D eigenvalue weighted by Gasteiger charge is -2.33. The van der Waals surface area contributed by atoms with E-state index in [1.807, 2.05) is 4.90 Å². The standard InChI is InChI=1S/C16H19FN2O3/c17-13-10-11(19-5-7-21-8-6-19)9-12-14(13)16(22-15(12)20)1-3-18-4-2-16/h9-10,18H,1-8H2. The van der Waals surface area contributed by atoms with E-state index in [1.54, 1.807) is 6.07 Å². The van der Waals surface area contributed by atoms with E-state index in [0.717, 1.165) is 18.8 Å². The second-order valence-electron chi connectivity index (χ2n) is 6.08. The van der Waals surface area contributed by atoms with Crippen LogP contribution in [0.3, 0.4) is 0 Å². The van der Waals surface area contributed by atoms with Crippen LogP contribution in [0.2, 0.25) is 0 Å². The molecule has 0 bridgehead atoms. The Morgan fingerprint density at radius 2 is 1.91 bits per heavy atom. The monoisotopic (exact) mass is 306 g/mol. The number of halogens is 1. The molecule has 1 aromatic carbocycles. The van der Waals surface area contributed by atoms with Gasteiger partial charge in [-0.15, -0.1) is 0 Å². The molecule has 1 spiro atoms. The number of anilines is 1. The summed E-state index contributed by atoms with van der Waals surface area (Å²) in [6, 6.07) is 3.32. The highest BCUT2D eigenvalue weighted by Crippen LogP contribution is 2.45. The number of nitrogens with zero attached hydrogens (tertiary/aromatic N) is 1. The lowest BCUT2D eigenvalue weighted by molar-refractivity contribution is -0.0255. The average molecular weight is 306 g/mol. The van der Waals surface area contributed by atoms with Crippen molar-refractivity contribution in [3.05, 3.63) is 29.1 Å². The van der Waals surface area contributed by atoms with Gasteiger partial charge in [-0.05, 0) is 25.2 Å². The Morgan fingerprint density at radius 1 is 1.18 bits per heavy atom. The van der Waals surface area contributed by atoms with Gasteiger partial charge in [-0.2, -0.15) is 0 Å². The van der Waals surface area contributed by atoms with E-state index < -0.39 is 11.6 Å². The zero-order chi connectivity index (χ0) is 15.2. The van der Waals surface area contributed by atoms with Gasteiger partial charge >= 0.3 is 5.97 Å². The van der Waals surface area contributed by atoms with Crippen LogP contribution in [0.4, 0.5) is 10.1 Å². The molecule has 2 saturated heterocycles. The van der Waals surface area contributed by atoms with E-state index in [4.69, 9.17) is 9.47 Å². The molecule has 1 N–H and O–H groups in total. The number of carbonyl (C=O) groups excluding carboxylic acids is 1. The smallest absolute Gasteiger partial charge is 0.339 e. The molecule has 22 heavy (non-hydrogen) atoms. The van der Waals surface area contributed by atoms with Crippen molar-refractivity contribution in [2.45, 2.75) is 18.4 Å². The first-order chi connectivity index (χ1) is 10.7. The molecule has 3 aliphatic heterocycles. The van der Waals surface area contributed by atoms with Crippen molar-refractivity contribution in [1.29, 1.82) is 0 Å². The van der Waals surface area contributed by atoms with Crippen molar-refractivity contribution in [3.8, 4) is 0 Å². The van der Waals surface area contributed by atoms with Crippen LogP contribution in [0, 0.1) is 5.82 Å². The normalized spacial score (nSPS) is 23.5. The first-order valence-corrected chi connectivity index (χ1v) is 7.80. The summed E-state index contributed by atoms with van der Waals surface area (Å²) in [6.07, 6.45) is 1.25. The minimum Gasteiger partial charge on any atom is -0.450 e. The molecule has 0 saturated carbocycles. The number of ether oxygens (including phenoxy) is 2. The van der Waals surface area contributed by atoms with Crippen LogP contribution in [-0.2, 0) is 15.1 Å². The first kappa shape index (κ1) is 14.0. The Kier molecular flexibility index (Phi) is 3.31. The second-order valence-corrected chi connectivity index (χ2v) is 6.08. The van der Waals surface area contributed by atoms with Crippen LogP contribution in [-0.4, -0.2) is 45.4 Å². The molecule has 0 radical (unpaired) electrons. The molecule has 5 nitrogen and oxygen atoms in total. The fourth-order valence-corrected chi connectivity index (χ4v) is 3.69. The van der Waals surface area contributed by atoms with Crippen molar-refractivity contribution >= 4 is 11.7 Å². The molecule has 118 valence electrons. The van der Waals surface area contributed by atoms with E-state index >= 15 is 0 Å². The fraction of sp³-hybridized carbons (Fsp3) is 0.562. The number of nitrogens with one attached hydrogen (secondary N) is 1. The number of benzene rings is 1. The first-order valence-electron chi connectivity index (χ1n) is 7.80. The Morgan fingerprint density at radius 3 is 2.64 bits per heavy atom. The van der Waals surface area contributed by atoms with Crippen LogP contribution in [0.5, 0.6) is 0 Å². The lowest BCUT2D eigenvalue weighted by Crippen LogP contribution is -2.40. The molecule has 3 heterocycles. The summed E-state index contributed by atoms with van der Waals surface area (Å²) in [6.45, 7) is 4.14. The highest BCUT2D eigenvalue weighted by Gasteiger charge is 2.48. The number of hydrogen-bond donors (Lipinski definition) is 1. The van der Waals surface area contributed by atoms with Gasteiger partial charge in [0.2, 0.25) is 0 Å². The highest BCUT2D eigenvalue weighted by atomic mass is 19.1. The molecule has 3 aliphatic rings. The number of fused-ring (bicyclic) bond motifs is 2. The maximum Gasteiger partial charge on any atom is 0.339 e. The highest BCUT2D eigenvalue weighted by molar-refractivity contribution is 5.96. The number of rotatable bonds is 1. The van der Waals surface area contributed by atoms with Crippen LogP contribution >= 0.6 is 0 Å². The van der Waals surface area contributed by atoms with E-state index in [0.29, 0.717) is 50.3 Å². The van der Waals surface area contributed by atoms with E-state index in [-0.39, 0.29) is 5.82 Å². The van der Waals surface area contributed by atoms with Gasteiger partial charge in [-0.1, -0.05) is 0 Å². The second kappa shape index (κ2) is 5.21. The summed E-state index contributed by atoms with van der Waals surface area (Å²) in [4.78, 5) is 14.3. The van der Waals surface area contributed by atoms with Crippen LogP contribution in [0.15, 0.2) is 12.1 Å². The van der Waals surface area contributed by atoms with Gasteiger partial charge in [-0.25, -0.2) is 9.18 Å². The molecule has 2 fully saturated rings. The summed E-state index contributed by atoms with van der Waals surface area (Å²) in [5.41, 5.74) is 0.813. The van der Waals surface area contributed by atoms with Crippen molar-refractivity contribution < 1.29 is 18.7 Å². The molecule has 0 atom stereocenters. The predicted molar refractivity (Wildman–Crippen MR) is 78.6 cm³/mol. The quantitative estimate of drug-likeness (QED) is 0.795. The van der Waals surface area contributed by atoms with Crippen molar-refractivity contribution in [2.75, 3.05) is 44.3 Å². The third-order valence-electron chi connectivity index (χ3n) is 4.83. The zero-order valence-corrected chi connectivity index (χ0v) is 12.4. The van der Waals surface area contributed by atoms with Gasteiger partial charge in [-0.3, -0.25) is 0 Å². The third kappa shape index (κ3) is 2.09. The third-order valence-corrected chi connectivity index (χ3v) is 4.83. The largest absolute Gasteiger partial charge is 0.450 e. The van der Waals surface area contributed by atoms with E-state index in [9.17, 15) is 9.18 Å². The van der Waals surface area contributed by atoms with Crippen molar-refractivity contribution in [1.82, 2.24) is 5.32 Å². The van der Waals surface area contributed by atoms with Gasteiger partial charge < -0.3 is 19.7 Å². The van der Waals surface area contributed by atoms with Crippen LogP contribution < -0.4 is 10.2 Å². The molecule has 0 aliphatic carbocycles. The summed E-state index contributed by atoms with van der Waals surface area (Å²) in [7, 11) is 0. The summed E-state index contributed by atoms with van der Waals surface area (Å²) >= 11 is 0. The van der Waals surface area contributed by atoms with Crippen molar-refractivity contribution in [2.24, 2.45) is 0 Å².